The number of hydrogen-bond acceptors (Lipinski definition) is 6. The molecule has 0 bridgehead atoms. The van der Waals surface area contributed by atoms with Crippen LogP contribution in [0.4, 0.5) is 9.59 Å². The van der Waals surface area contributed by atoms with Gasteiger partial charge in [0.25, 0.3) is 0 Å². The molecule has 0 saturated heterocycles. The van der Waals surface area contributed by atoms with Crippen LogP contribution in [0.5, 0.6) is 0 Å². The van der Waals surface area contributed by atoms with E-state index in [2.05, 4.69) is 20.4 Å². The number of rotatable bonds is 12. The lowest BCUT2D eigenvalue weighted by molar-refractivity contribution is 0.145. The molecular weight excluding hydrogens is 407 g/mol. The Balaban J connectivity index is -0.000000192. The van der Waals surface area contributed by atoms with E-state index in [-0.39, 0.29) is 37.0 Å². The first-order chi connectivity index (χ1) is 12.3. The fourth-order valence-electron chi connectivity index (χ4n) is 1.66. The molecule has 2 amide bonds. The number of carbonyl (C=O) groups is 2. The summed E-state index contributed by atoms with van der Waals surface area (Å²) in [6.07, 6.45) is 3.03. The van der Waals surface area contributed by atoms with Gasteiger partial charge >= 0.3 is 12.2 Å². The van der Waals surface area contributed by atoms with E-state index in [4.69, 9.17) is 9.47 Å². The Morgan fingerprint density at radius 1 is 0.714 bits per heavy atom. The first kappa shape index (κ1) is 34.5. The molecule has 0 aliphatic heterocycles. The molecule has 8 nitrogen and oxygen atoms in total. The summed E-state index contributed by atoms with van der Waals surface area (Å²) in [5.74, 6) is 0. The average Bonchev–Trinajstić information content (AvgIpc) is 2.59. The van der Waals surface area contributed by atoms with Gasteiger partial charge in [0.1, 0.15) is 0 Å². The van der Waals surface area contributed by atoms with Crippen molar-refractivity contribution in [3.63, 3.8) is 0 Å². The molecule has 172 valence electrons. The zero-order valence-electron chi connectivity index (χ0n) is 18.4. The molecule has 0 aromatic rings. The van der Waals surface area contributed by atoms with Crippen LogP contribution in [0.25, 0.3) is 0 Å². The zero-order valence-corrected chi connectivity index (χ0v) is 20.0. The second-order valence-electron chi connectivity index (χ2n) is 6.44. The van der Waals surface area contributed by atoms with E-state index in [1.54, 1.807) is 0 Å². The minimum atomic E-state index is -0.305. The molecule has 0 aliphatic carbocycles. The van der Waals surface area contributed by atoms with Gasteiger partial charge in [-0.3, -0.25) is 0 Å². The quantitative estimate of drug-likeness (QED) is 0.446. The van der Waals surface area contributed by atoms with Crippen LogP contribution in [0.3, 0.4) is 0 Å². The normalized spacial score (nSPS) is 9.43. The van der Waals surface area contributed by atoms with Gasteiger partial charge in [-0.1, -0.05) is 13.8 Å². The number of halogens is 2. The molecule has 2 N–H and O–H groups in total. The Kier molecular flexibility index (Phi) is 32.1. The van der Waals surface area contributed by atoms with Crippen LogP contribution in [0.2, 0.25) is 0 Å². The van der Waals surface area contributed by atoms with Crippen molar-refractivity contribution in [1.82, 2.24) is 20.4 Å². The van der Waals surface area contributed by atoms with E-state index in [0.29, 0.717) is 26.3 Å². The lowest BCUT2D eigenvalue weighted by Crippen LogP contribution is -2.27. The second-order valence-corrected chi connectivity index (χ2v) is 6.44. The van der Waals surface area contributed by atoms with Crippen LogP contribution in [0.15, 0.2) is 0 Å². The Labute approximate surface area is 183 Å². The predicted molar refractivity (Wildman–Crippen MR) is 120 cm³/mol. The first-order valence-corrected chi connectivity index (χ1v) is 9.44. The van der Waals surface area contributed by atoms with Gasteiger partial charge < -0.3 is 29.9 Å². The Hall–Kier alpha value is -0.960. The number of amides is 2. The number of ether oxygens (including phenoxy) is 2. The number of alkyl carbamates (subject to hydrolysis) is 2. The summed E-state index contributed by atoms with van der Waals surface area (Å²) >= 11 is 0. The van der Waals surface area contributed by atoms with Gasteiger partial charge in [0.2, 0.25) is 0 Å². The van der Waals surface area contributed by atoms with Crippen molar-refractivity contribution in [2.75, 3.05) is 67.6 Å². The molecule has 0 spiro atoms. The van der Waals surface area contributed by atoms with Gasteiger partial charge in [0, 0.05) is 13.1 Å². The minimum absolute atomic E-state index is 0. The van der Waals surface area contributed by atoms with Crippen molar-refractivity contribution in [3.8, 4) is 0 Å². The van der Waals surface area contributed by atoms with E-state index in [0.717, 1.165) is 38.8 Å². The molecule has 0 radical (unpaired) electrons. The summed E-state index contributed by atoms with van der Waals surface area (Å²) in [7, 11) is 8.04. The molecule has 0 rings (SSSR count). The summed E-state index contributed by atoms with van der Waals surface area (Å²) in [4.78, 5) is 26.0. The maximum Gasteiger partial charge on any atom is 0.407 e. The fourth-order valence-corrected chi connectivity index (χ4v) is 1.66. The highest BCUT2D eigenvalue weighted by molar-refractivity contribution is 5.85. The van der Waals surface area contributed by atoms with Crippen LogP contribution in [-0.4, -0.2) is 89.6 Å². The van der Waals surface area contributed by atoms with Gasteiger partial charge in [-0.2, -0.15) is 0 Å². The maximum absolute atomic E-state index is 10.9. The molecule has 10 heteroatoms. The van der Waals surface area contributed by atoms with E-state index < -0.39 is 0 Å². The average molecular weight is 449 g/mol. The van der Waals surface area contributed by atoms with E-state index in [1.807, 2.05) is 42.0 Å². The predicted octanol–water partition coefficient (Wildman–Crippen LogP) is 2.99. The molecule has 0 aromatic carbocycles. The van der Waals surface area contributed by atoms with E-state index in [9.17, 15) is 9.59 Å². The van der Waals surface area contributed by atoms with Crippen molar-refractivity contribution in [3.05, 3.63) is 0 Å². The van der Waals surface area contributed by atoms with Crippen LogP contribution in [0, 0.1) is 0 Å². The molecule has 0 aliphatic rings. The van der Waals surface area contributed by atoms with Gasteiger partial charge in [0.15, 0.2) is 0 Å². The summed E-state index contributed by atoms with van der Waals surface area (Å²) in [5, 5.41) is 5.37. The maximum atomic E-state index is 10.9. The molecule has 0 unspecified atom stereocenters. The van der Waals surface area contributed by atoms with E-state index in [1.165, 1.54) is 0 Å². The lowest BCUT2D eigenvalue weighted by Gasteiger charge is -2.09. The standard InChI is InChI=1S/2C9H20N2O2.2ClH/c2*1-4-8-13-9(12)10-6-5-7-11(2)3;;/h2*4-8H2,1-3H3,(H,10,12);2*1H. The minimum Gasteiger partial charge on any atom is -0.450 e. The van der Waals surface area contributed by atoms with Crippen molar-refractivity contribution < 1.29 is 19.1 Å². The van der Waals surface area contributed by atoms with Crippen molar-refractivity contribution in [2.45, 2.75) is 39.5 Å². The summed E-state index contributed by atoms with van der Waals surface area (Å²) < 4.78 is 9.67. The van der Waals surface area contributed by atoms with Crippen molar-refractivity contribution in [1.29, 1.82) is 0 Å². The second kappa shape index (κ2) is 26.0. The summed E-state index contributed by atoms with van der Waals surface area (Å²) in [6, 6.07) is 0. The van der Waals surface area contributed by atoms with Crippen LogP contribution >= 0.6 is 24.8 Å². The highest BCUT2D eigenvalue weighted by Crippen LogP contribution is 1.85. The van der Waals surface area contributed by atoms with Gasteiger partial charge in [0.05, 0.1) is 13.2 Å². The SMILES string of the molecule is CCCOC(=O)NCCCN(C)C.CCCOC(=O)NCCCN(C)C.Cl.Cl. The fraction of sp³-hybridized carbons (Fsp3) is 0.889. The Morgan fingerprint density at radius 2 is 1.04 bits per heavy atom. The molecule has 0 saturated carbocycles. The van der Waals surface area contributed by atoms with Gasteiger partial charge in [-0.25, -0.2) is 9.59 Å². The van der Waals surface area contributed by atoms with Gasteiger partial charge in [-0.05, 0) is 67.0 Å². The largest absolute Gasteiger partial charge is 0.450 e. The monoisotopic (exact) mass is 448 g/mol. The Morgan fingerprint density at radius 3 is 1.29 bits per heavy atom. The number of hydrogen-bond donors (Lipinski definition) is 2. The molecule has 0 aromatic heterocycles. The molecule has 0 fully saturated rings. The number of nitrogens with zero attached hydrogens (tertiary/aromatic N) is 2. The third-order valence-corrected chi connectivity index (χ3v) is 2.98. The first-order valence-electron chi connectivity index (χ1n) is 9.44. The summed E-state index contributed by atoms with van der Waals surface area (Å²) in [5.41, 5.74) is 0. The van der Waals surface area contributed by atoms with Crippen molar-refractivity contribution in [2.24, 2.45) is 0 Å². The highest BCUT2D eigenvalue weighted by atomic mass is 35.5. The molecular formula is C18H42Cl2N4O4. The molecule has 0 heterocycles. The molecule has 28 heavy (non-hydrogen) atoms. The Bertz CT molecular complexity index is 318. The zero-order chi connectivity index (χ0) is 20.2. The topological polar surface area (TPSA) is 83.1 Å². The lowest BCUT2D eigenvalue weighted by atomic mass is 10.4. The third kappa shape index (κ3) is 32.7. The highest BCUT2D eigenvalue weighted by Gasteiger charge is 1.99. The van der Waals surface area contributed by atoms with E-state index >= 15 is 0 Å². The smallest absolute Gasteiger partial charge is 0.407 e. The van der Waals surface area contributed by atoms with Crippen LogP contribution in [0.1, 0.15) is 39.5 Å². The number of nitrogens with one attached hydrogen (secondary N) is 2. The summed E-state index contributed by atoms with van der Waals surface area (Å²) in [6.45, 7) is 8.27. The number of carbonyl (C=O) groups excluding carboxylic acids is 2. The van der Waals surface area contributed by atoms with Gasteiger partial charge in [-0.15, -0.1) is 24.8 Å². The molecule has 0 atom stereocenters. The van der Waals surface area contributed by atoms with Crippen LogP contribution < -0.4 is 10.6 Å². The van der Waals surface area contributed by atoms with Crippen molar-refractivity contribution >= 4 is 37.0 Å². The third-order valence-electron chi connectivity index (χ3n) is 2.98. The van der Waals surface area contributed by atoms with Crippen LogP contribution in [-0.2, 0) is 9.47 Å².